The molecular formula is C7H13O3P. The second-order valence-electron chi connectivity index (χ2n) is 1.91. The van der Waals surface area contributed by atoms with Crippen molar-refractivity contribution < 1.29 is 13.6 Å². The Bertz CT molecular complexity index is 200. The minimum Gasteiger partial charge on any atom is -0.309 e. The highest BCUT2D eigenvalue weighted by Gasteiger charge is 2.22. The summed E-state index contributed by atoms with van der Waals surface area (Å²) in [6.07, 6.45) is 3.15. The lowest BCUT2D eigenvalue weighted by atomic mass is 10.5. The van der Waals surface area contributed by atoms with Gasteiger partial charge in [0.1, 0.15) is 0 Å². The molecule has 0 aliphatic rings. The van der Waals surface area contributed by atoms with Crippen molar-refractivity contribution in [2.24, 2.45) is 0 Å². The fourth-order valence-corrected chi connectivity index (χ4v) is 1.64. The van der Waals surface area contributed by atoms with Crippen molar-refractivity contribution in [2.75, 3.05) is 14.2 Å². The Morgan fingerprint density at radius 2 is 1.91 bits per heavy atom. The number of hydrogen-bond donors (Lipinski definition) is 0. The zero-order valence-corrected chi connectivity index (χ0v) is 7.93. The first-order valence-corrected chi connectivity index (χ1v) is 4.66. The Kier molecular flexibility index (Phi) is 4.34. The van der Waals surface area contributed by atoms with E-state index in [-0.39, 0.29) is 0 Å². The number of allylic oxidation sites excluding steroid dienone is 3. The molecule has 0 aliphatic heterocycles. The van der Waals surface area contributed by atoms with E-state index in [1.54, 1.807) is 19.1 Å². The van der Waals surface area contributed by atoms with Crippen LogP contribution in [0.4, 0.5) is 0 Å². The molecule has 0 aromatic heterocycles. The van der Waals surface area contributed by atoms with Crippen molar-refractivity contribution in [3.05, 3.63) is 24.0 Å². The van der Waals surface area contributed by atoms with Gasteiger partial charge >= 0.3 is 7.60 Å². The second-order valence-corrected chi connectivity index (χ2v) is 4.34. The quantitative estimate of drug-likeness (QED) is 0.487. The standard InChI is InChI=1S/C7H13O3P/c1-5-6-7(2)11(8,9-3)10-4/h5-6H,1H2,2-4H3/b7-6+. The molecule has 0 atom stereocenters. The molecule has 0 spiro atoms. The Labute approximate surface area is 67.2 Å². The third-order valence-electron chi connectivity index (χ3n) is 1.27. The molecule has 0 bridgehead atoms. The largest absolute Gasteiger partial charge is 0.356 e. The Balaban J connectivity index is 4.64. The Hall–Kier alpha value is -0.370. The molecule has 0 saturated carbocycles. The summed E-state index contributed by atoms with van der Waals surface area (Å²) in [4.78, 5) is 0. The molecule has 0 N–H and O–H groups in total. The topological polar surface area (TPSA) is 35.5 Å². The van der Waals surface area contributed by atoms with Gasteiger partial charge in [-0.3, -0.25) is 4.57 Å². The van der Waals surface area contributed by atoms with Crippen molar-refractivity contribution >= 4 is 7.60 Å². The molecule has 11 heavy (non-hydrogen) atoms. The lowest BCUT2D eigenvalue weighted by Crippen LogP contribution is -1.88. The van der Waals surface area contributed by atoms with E-state index in [9.17, 15) is 4.57 Å². The smallest absolute Gasteiger partial charge is 0.309 e. The van der Waals surface area contributed by atoms with Gasteiger partial charge in [-0.05, 0) is 6.92 Å². The molecule has 0 unspecified atom stereocenters. The Morgan fingerprint density at radius 1 is 1.45 bits per heavy atom. The van der Waals surface area contributed by atoms with Crippen LogP contribution in [-0.2, 0) is 13.6 Å². The van der Waals surface area contributed by atoms with Crippen LogP contribution in [0.3, 0.4) is 0 Å². The monoisotopic (exact) mass is 176 g/mol. The van der Waals surface area contributed by atoms with Crippen molar-refractivity contribution in [3.63, 3.8) is 0 Å². The summed E-state index contributed by atoms with van der Waals surface area (Å²) >= 11 is 0. The van der Waals surface area contributed by atoms with E-state index < -0.39 is 7.60 Å². The molecule has 0 heterocycles. The van der Waals surface area contributed by atoms with Crippen molar-refractivity contribution in [2.45, 2.75) is 6.92 Å². The summed E-state index contributed by atoms with van der Waals surface area (Å²) < 4.78 is 20.9. The molecule has 0 saturated heterocycles. The van der Waals surface area contributed by atoms with Crippen LogP contribution in [0.5, 0.6) is 0 Å². The molecule has 0 aromatic rings. The van der Waals surface area contributed by atoms with Gasteiger partial charge in [0.25, 0.3) is 0 Å². The molecule has 4 heteroatoms. The highest BCUT2D eigenvalue weighted by Crippen LogP contribution is 2.54. The van der Waals surface area contributed by atoms with Gasteiger partial charge in [-0.1, -0.05) is 18.7 Å². The second kappa shape index (κ2) is 4.50. The van der Waals surface area contributed by atoms with Crippen LogP contribution < -0.4 is 0 Å². The number of hydrogen-bond acceptors (Lipinski definition) is 3. The zero-order valence-electron chi connectivity index (χ0n) is 7.03. The van der Waals surface area contributed by atoms with Crippen LogP contribution in [-0.4, -0.2) is 14.2 Å². The van der Waals surface area contributed by atoms with Gasteiger partial charge in [0.05, 0.1) is 0 Å². The van der Waals surface area contributed by atoms with E-state index in [1.165, 1.54) is 14.2 Å². The highest BCUT2D eigenvalue weighted by atomic mass is 31.2. The van der Waals surface area contributed by atoms with Gasteiger partial charge in [0.2, 0.25) is 0 Å². The lowest BCUT2D eigenvalue weighted by molar-refractivity contribution is 0.283. The third kappa shape index (κ3) is 2.62. The molecule has 0 amide bonds. The summed E-state index contributed by atoms with van der Waals surface area (Å²) in [5, 5.41) is 0.553. The van der Waals surface area contributed by atoms with Crippen LogP contribution in [0.2, 0.25) is 0 Å². The first kappa shape index (κ1) is 10.6. The van der Waals surface area contributed by atoms with Crippen molar-refractivity contribution in [3.8, 4) is 0 Å². The van der Waals surface area contributed by atoms with Crippen LogP contribution in [0, 0.1) is 0 Å². The summed E-state index contributed by atoms with van der Waals surface area (Å²) in [7, 11) is -0.295. The minimum atomic E-state index is -3.00. The molecule has 0 aliphatic carbocycles. The summed E-state index contributed by atoms with van der Waals surface area (Å²) in [5.74, 6) is 0. The maximum atomic E-state index is 11.5. The summed E-state index contributed by atoms with van der Waals surface area (Å²) in [6, 6.07) is 0. The molecule has 0 radical (unpaired) electrons. The number of rotatable bonds is 4. The first-order chi connectivity index (χ1) is 5.10. The minimum absolute atomic E-state index is 0.553. The van der Waals surface area contributed by atoms with E-state index in [4.69, 9.17) is 9.05 Å². The maximum Gasteiger partial charge on any atom is 0.356 e. The van der Waals surface area contributed by atoms with Crippen LogP contribution in [0.1, 0.15) is 6.92 Å². The molecule has 3 nitrogen and oxygen atoms in total. The summed E-state index contributed by atoms with van der Waals surface area (Å²) in [5.41, 5.74) is 0. The third-order valence-corrected chi connectivity index (χ3v) is 3.25. The fourth-order valence-electron chi connectivity index (χ4n) is 0.624. The molecule has 0 fully saturated rings. The van der Waals surface area contributed by atoms with E-state index in [0.29, 0.717) is 5.31 Å². The van der Waals surface area contributed by atoms with E-state index in [1.807, 2.05) is 0 Å². The zero-order chi connectivity index (χ0) is 8.91. The van der Waals surface area contributed by atoms with Crippen LogP contribution >= 0.6 is 7.60 Å². The fraction of sp³-hybridized carbons (Fsp3) is 0.429. The predicted octanol–water partition coefficient (Wildman–Crippen LogP) is 2.56. The molecule has 0 rings (SSSR count). The Morgan fingerprint density at radius 3 is 2.18 bits per heavy atom. The van der Waals surface area contributed by atoms with Gasteiger partial charge in [-0.2, -0.15) is 0 Å². The van der Waals surface area contributed by atoms with Gasteiger partial charge < -0.3 is 9.05 Å². The molecular weight excluding hydrogens is 163 g/mol. The van der Waals surface area contributed by atoms with E-state index in [2.05, 4.69) is 6.58 Å². The van der Waals surface area contributed by atoms with Crippen LogP contribution in [0.25, 0.3) is 0 Å². The normalized spacial score (nSPS) is 13.2. The predicted molar refractivity (Wildman–Crippen MR) is 45.6 cm³/mol. The average molecular weight is 176 g/mol. The first-order valence-electron chi connectivity index (χ1n) is 3.12. The van der Waals surface area contributed by atoms with Gasteiger partial charge in [-0.25, -0.2) is 0 Å². The van der Waals surface area contributed by atoms with Gasteiger partial charge in [0, 0.05) is 19.5 Å². The molecule has 64 valence electrons. The van der Waals surface area contributed by atoms with Crippen LogP contribution in [0.15, 0.2) is 24.0 Å². The SMILES string of the molecule is C=C/C=C(\C)P(=O)(OC)OC. The van der Waals surface area contributed by atoms with Crippen molar-refractivity contribution in [1.29, 1.82) is 0 Å². The van der Waals surface area contributed by atoms with Gasteiger partial charge in [0.15, 0.2) is 0 Å². The van der Waals surface area contributed by atoms with E-state index >= 15 is 0 Å². The average Bonchev–Trinajstić information content (AvgIpc) is 2.03. The lowest BCUT2D eigenvalue weighted by Gasteiger charge is -2.12. The summed E-state index contributed by atoms with van der Waals surface area (Å²) in [6.45, 7) is 5.15. The highest BCUT2D eigenvalue weighted by molar-refractivity contribution is 7.58. The maximum absolute atomic E-state index is 11.5. The van der Waals surface area contributed by atoms with E-state index in [0.717, 1.165) is 0 Å². The van der Waals surface area contributed by atoms with Gasteiger partial charge in [-0.15, -0.1) is 0 Å². The van der Waals surface area contributed by atoms with Crippen molar-refractivity contribution in [1.82, 2.24) is 0 Å². The molecule has 0 aromatic carbocycles.